The van der Waals surface area contributed by atoms with E-state index in [0.29, 0.717) is 30.3 Å². The van der Waals surface area contributed by atoms with Crippen molar-refractivity contribution in [3.63, 3.8) is 0 Å². The number of rotatable bonds is 6. The number of methoxy groups -OCH3 is 1. The lowest BCUT2D eigenvalue weighted by molar-refractivity contribution is 0.0989. The standard InChI is InChI=1S/C19H18F2N2O3S/c1-3-26-14-8-5-9-15-17(14)23(10-11-25-2)19(27-15)22-18(24)16-12(20)6-4-7-13(16)21/h4-9H,3,10-11H2,1-2H3. The molecule has 142 valence electrons. The summed E-state index contributed by atoms with van der Waals surface area (Å²) in [5, 5.41) is 0. The number of fused-ring (bicyclic) bond motifs is 1. The fraction of sp³-hybridized carbons (Fsp3) is 0.263. The van der Waals surface area contributed by atoms with E-state index in [9.17, 15) is 13.6 Å². The summed E-state index contributed by atoms with van der Waals surface area (Å²) in [5.41, 5.74) is 0.0974. The molecule has 0 aliphatic rings. The third-order valence-corrected chi connectivity index (χ3v) is 4.90. The van der Waals surface area contributed by atoms with Crippen LogP contribution in [0, 0.1) is 11.6 Å². The molecule has 0 radical (unpaired) electrons. The van der Waals surface area contributed by atoms with E-state index in [2.05, 4.69) is 4.99 Å². The first-order valence-electron chi connectivity index (χ1n) is 8.34. The number of hydrogen-bond acceptors (Lipinski definition) is 4. The maximum atomic E-state index is 13.9. The zero-order valence-corrected chi connectivity index (χ0v) is 15.7. The highest BCUT2D eigenvalue weighted by Crippen LogP contribution is 2.27. The Balaban J connectivity index is 2.19. The van der Waals surface area contributed by atoms with Gasteiger partial charge in [0.15, 0.2) is 4.80 Å². The van der Waals surface area contributed by atoms with Gasteiger partial charge in [-0.25, -0.2) is 8.78 Å². The molecule has 0 aliphatic heterocycles. The summed E-state index contributed by atoms with van der Waals surface area (Å²) in [6.45, 7) is 3.14. The molecule has 0 unspecified atom stereocenters. The molecule has 1 amide bonds. The van der Waals surface area contributed by atoms with Crippen molar-refractivity contribution in [2.45, 2.75) is 13.5 Å². The average molecular weight is 392 g/mol. The second kappa shape index (κ2) is 8.41. The first-order valence-corrected chi connectivity index (χ1v) is 9.15. The van der Waals surface area contributed by atoms with Crippen LogP contribution in [0.2, 0.25) is 0 Å². The lowest BCUT2D eigenvalue weighted by Crippen LogP contribution is -2.20. The van der Waals surface area contributed by atoms with Gasteiger partial charge in [0.1, 0.15) is 28.5 Å². The smallest absolute Gasteiger partial charge is 0.285 e. The second-order valence-corrected chi connectivity index (χ2v) is 6.59. The molecule has 0 N–H and O–H groups in total. The lowest BCUT2D eigenvalue weighted by Gasteiger charge is -2.09. The van der Waals surface area contributed by atoms with E-state index < -0.39 is 23.1 Å². The van der Waals surface area contributed by atoms with Crippen molar-refractivity contribution in [3.05, 3.63) is 58.4 Å². The Labute approximate surface area is 158 Å². The Hall–Kier alpha value is -2.58. The largest absolute Gasteiger partial charge is 0.492 e. The molecule has 0 bridgehead atoms. The third kappa shape index (κ3) is 3.91. The highest BCUT2D eigenvalue weighted by Gasteiger charge is 2.18. The monoisotopic (exact) mass is 392 g/mol. The van der Waals surface area contributed by atoms with Crippen molar-refractivity contribution >= 4 is 27.5 Å². The number of benzene rings is 2. The molecule has 0 spiro atoms. The quantitative estimate of drug-likeness (QED) is 0.642. The average Bonchev–Trinajstić information content (AvgIpc) is 2.98. The van der Waals surface area contributed by atoms with Gasteiger partial charge in [-0.15, -0.1) is 0 Å². The van der Waals surface area contributed by atoms with Crippen LogP contribution in [0.5, 0.6) is 5.75 Å². The number of carbonyl (C=O) groups excluding carboxylic acids is 1. The highest BCUT2D eigenvalue weighted by molar-refractivity contribution is 7.16. The number of para-hydroxylation sites is 1. The molecule has 8 heteroatoms. The van der Waals surface area contributed by atoms with E-state index in [4.69, 9.17) is 9.47 Å². The molecule has 0 saturated heterocycles. The summed E-state index contributed by atoms with van der Waals surface area (Å²) in [4.78, 5) is 16.8. The van der Waals surface area contributed by atoms with Gasteiger partial charge in [0.25, 0.3) is 5.91 Å². The van der Waals surface area contributed by atoms with Crippen LogP contribution in [0.15, 0.2) is 41.4 Å². The van der Waals surface area contributed by atoms with Gasteiger partial charge in [-0.2, -0.15) is 4.99 Å². The summed E-state index contributed by atoms with van der Waals surface area (Å²) in [6, 6.07) is 8.80. The van der Waals surface area contributed by atoms with Crippen LogP contribution in [-0.2, 0) is 11.3 Å². The van der Waals surface area contributed by atoms with Gasteiger partial charge in [0.05, 0.1) is 17.9 Å². The molecule has 5 nitrogen and oxygen atoms in total. The number of hydrogen-bond donors (Lipinski definition) is 0. The maximum absolute atomic E-state index is 13.9. The van der Waals surface area contributed by atoms with Crippen molar-refractivity contribution < 1.29 is 23.0 Å². The molecule has 0 fully saturated rings. The van der Waals surface area contributed by atoms with Gasteiger partial charge in [-0.1, -0.05) is 23.5 Å². The van der Waals surface area contributed by atoms with Crippen molar-refractivity contribution in [3.8, 4) is 5.75 Å². The summed E-state index contributed by atoms with van der Waals surface area (Å²) >= 11 is 1.24. The summed E-state index contributed by atoms with van der Waals surface area (Å²) < 4.78 is 41.3. The predicted octanol–water partition coefficient (Wildman–Crippen LogP) is 3.77. The van der Waals surface area contributed by atoms with E-state index in [1.54, 1.807) is 11.7 Å². The van der Waals surface area contributed by atoms with Crippen LogP contribution in [0.3, 0.4) is 0 Å². The Morgan fingerprint density at radius 1 is 1.19 bits per heavy atom. The van der Waals surface area contributed by atoms with E-state index in [0.717, 1.165) is 22.3 Å². The van der Waals surface area contributed by atoms with Gasteiger partial charge < -0.3 is 14.0 Å². The number of nitrogens with zero attached hydrogens (tertiary/aromatic N) is 2. The first-order chi connectivity index (χ1) is 13.1. The van der Waals surface area contributed by atoms with Gasteiger partial charge >= 0.3 is 0 Å². The van der Waals surface area contributed by atoms with Crippen LogP contribution < -0.4 is 9.54 Å². The van der Waals surface area contributed by atoms with Crippen LogP contribution >= 0.6 is 11.3 Å². The van der Waals surface area contributed by atoms with Crippen molar-refractivity contribution in [2.75, 3.05) is 20.3 Å². The molecular formula is C19H18F2N2O3S. The number of thiazole rings is 1. The lowest BCUT2D eigenvalue weighted by atomic mass is 10.2. The minimum atomic E-state index is -0.971. The fourth-order valence-corrected chi connectivity index (χ4v) is 3.76. The van der Waals surface area contributed by atoms with Gasteiger partial charge in [-0.3, -0.25) is 4.79 Å². The maximum Gasteiger partial charge on any atom is 0.285 e. The first kappa shape index (κ1) is 19.2. The predicted molar refractivity (Wildman–Crippen MR) is 99.1 cm³/mol. The normalized spacial score (nSPS) is 11.9. The van der Waals surface area contributed by atoms with E-state index >= 15 is 0 Å². The summed E-state index contributed by atoms with van der Waals surface area (Å²) in [6.07, 6.45) is 0. The van der Waals surface area contributed by atoms with Crippen molar-refractivity contribution in [1.29, 1.82) is 0 Å². The molecule has 0 saturated carbocycles. The third-order valence-electron chi connectivity index (χ3n) is 3.86. The summed E-state index contributed by atoms with van der Waals surface area (Å²) in [7, 11) is 1.56. The molecule has 2 aromatic carbocycles. The SMILES string of the molecule is CCOc1cccc2sc(=NC(=O)c3c(F)cccc3F)n(CCOC)c12. The zero-order valence-electron chi connectivity index (χ0n) is 14.9. The topological polar surface area (TPSA) is 52.8 Å². The molecule has 1 aromatic heterocycles. The molecule has 3 aromatic rings. The highest BCUT2D eigenvalue weighted by atomic mass is 32.1. The van der Waals surface area contributed by atoms with Gasteiger partial charge in [0.2, 0.25) is 0 Å². The van der Waals surface area contributed by atoms with E-state index in [-0.39, 0.29) is 0 Å². The van der Waals surface area contributed by atoms with E-state index in [1.165, 1.54) is 17.4 Å². The van der Waals surface area contributed by atoms with Crippen LogP contribution in [0.1, 0.15) is 17.3 Å². The number of ether oxygens (including phenoxy) is 2. The zero-order chi connectivity index (χ0) is 19.4. The Kier molecular flexibility index (Phi) is 5.98. The Bertz CT molecular complexity index is 1020. The van der Waals surface area contributed by atoms with Gasteiger partial charge in [0, 0.05) is 13.7 Å². The van der Waals surface area contributed by atoms with Crippen molar-refractivity contribution in [2.24, 2.45) is 4.99 Å². The van der Waals surface area contributed by atoms with E-state index in [1.807, 2.05) is 25.1 Å². The minimum Gasteiger partial charge on any atom is -0.492 e. The number of halogens is 2. The van der Waals surface area contributed by atoms with Crippen LogP contribution in [0.4, 0.5) is 8.78 Å². The number of carbonyl (C=O) groups is 1. The Morgan fingerprint density at radius 2 is 1.89 bits per heavy atom. The van der Waals surface area contributed by atoms with Gasteiger partial charge in [-0.05, 0) is 31.2 Å². The summed E-state index contributed by atoms with van der Waals surface area (Å²) in [5.74, 6) is -2.21. The molecule has 3 rings (SSSR count). The number of aromatic nitrogens is 1. The molecule has 0 aliphatic carbocycles. The molecule has 0 atom stereocenters. The molecular weight excluding hydrogens is 374 g/mol. The minimum absolute atomic E-state index is 0.321. The van der Waals surface area contributed by atoms with Crippen molar-refractivity contribution in [1.82, 2.24) is 4.57 Å². The molecule has 27 heavy (non-hydrogen) atoms. The second-order valence-electron chi connectivity index (χ2n) is 5.58. The molecule has 1 heterocycles. The number of amides is 1. The van der Waals surface area contributed by atoms with Crippen LogP contribution in [-0.4, -0.2) is 30.8 Å². The Morgan fingerprint density at radius 3 is 2.56 bits per heavy atom. The van der Waals surface area contributed by atoms with Crippen LogP contribution in [0.25, 0.3) is 10.2 Å². The fourth-order valence-electron chi connectivity index (χ4n) is 2.69.